The van der Waals surface area contributed by atoms with Gasteiger partial charge in [-0.1, -0.05) is 26.7 Å². The number of hydrogen-bond acceptors (Lipinski definition) is 2. The van der Waals surface area contributed by atoms with Crippen molar-refractivity contribution >= 4 is 28.5 Å². The lowest BCUT2D eigenvalue weighted by atomic mass is 10.1. The van der Waals surface area contributed by atoms with Crippen LogP contribution in [-0.2, 0) is 0 Å². The molecule has 1 aromatic carbocycles. The first-order valence-electron chi connectivity index (χ1n) is 7.28. The standard InChI is InChI=1S/C16H22INO2/c1-11(2)10-18(13-5-3-4-6-13)16(20)12-7-8-14(17)15(19)9-12/h7-9,11,13,19H,3-6,10H2,1-2H3. The molecule has 3 nitrogen and oxygen atoms in total. The number of hydrogen-bond donors (Lipinski definition) is 1. The van der Waals surface area contributed by atoms with Crippen molar-refractivity contribution in [3.63, 3.8) is 0 Å². The number of amides is 1. The number of nitrogens with zero attached hydrogens (tertiary/aromatic N) is 1. The number of phenols is 1. The van der Waals surface area contributed by atoms with Gasteiger partial charge in [-0.25, -0.2) is 0 Å². The molecule has 110 valence electrons. The van der Waals surface area contributed by atoms with E-state index in [1.54, 1.807) is 12.1 Å². The van der Waals surface area contributed by atoms with E-state index in [0.717, 1.165) is 23.0 Å². The Labute approximate surface area is 134 Å². The average molecular weight is 387 g/mol. The molecule has 1 N–H and O–H groups in total. The summed E-state index contributed by atoms with van der Waals surface area (Å²) in [5.41, 5.74) is 0.593. The van der Waals surface area contributed by atoms with Gasteiger partial charge >= 0.3 is 0 Å². The Hall–Kier alpha value is -0.780. The van der Waals surface area contributed by atoms with Gasteiger partial charge in [-0.2, -0.15) is 0 Å². The van der Waals surface area contributed by atoms with Crippen LogP contribution in [0.15, 0.2) is 18.2 Å². The van der Waals surface area contributed by atoms with Gasteiger partial charge in [0.05, 0.1) is 3.57 Å². The van der Waals surface area contributed by atoms with Crippen molar-refractivity contribution in [3.05, 3.63) is 27.3 Å². The third-order valence-corrected chi connectivity index (χ3v) is 4.69. The Balaban J connectivity index is 2.22. The van der Waals surface area contributed by atoms with E-state index in [4.69, 9.17) is 0 Å². The molecule has 1 aromatic rings. The molecule has 0 aromatic heterocycles. The molecular weight excluding hydrogens is 365 g/mol. The highest BCUT2D eigenvalue weighted by Crippen LogP contribution is 2.27. The van der Waals surface area contributed by atoms with Gasteiger partial charge in [0.2, 0.25) is 0 Å². The van der Waals surface area contributed by atoms with Crippen LogP contribution < -0.4 is 0 Å². The van der Waals surface area contributed by atoms with Crippen molar-refractivity contribution in [1.82, 2.24) is 4.90 Å². The maximum atomic E-state index is 12.7. The molecule has 1 aliphatic rings. The normalized spacial score (nSPS) is 15.8. The fraction of sp³-hybridized carbons (Fsp3) is 0.562. The Morgan fingerprint density at radius 2 is 2.05 bits per heavy atom. The van der Waals surface area contributed by atoms with Crippen LogP contribution >= 0.6 is 22.6 Å². The highest BCUT2D eigenvalue weighted by molar-refractivity contribution is 14.1. The average Bonchev–Trinajstić information content (AvgIpc) is 2.92. The highest BCUT2D eigenvalue weighted by Gasteiger charge is 2.28. The first kappa shape index (κ1) is 15.6. The summed E-state index contributed by atoms with van der Waals surface area (Å²) in [4.78, 5) is 14.8. The summed E-state index contributed by atoms with van der Waals surface area (Å²) in [6.45, 7) is 5.07. The van der Waals surface area contributed by atoms with E-state index in [1.807, 2.05) is 11.0 Å². The van der Waals surface area contributed by atoms with Crippen LogP contribution in [0, 0.1) is 9.49 Å². The van der Waals surface area contributed by atoms with Crippen LogP contribution in [0.1, 0.15) is 49.9 Å². The number of phenolic OH excluding ortho intramolecular Hbond substituents is 1. The topological polar surface area (TPSA) is 40.5 Å². The molecule has 0 aliphatic heterocycles. The van der Waals surface area contributed by atoms with E-state index in [9.17, 15) is 9.90 Å². The summed E-state index contributed by atoms with van der Waals surface area (Å²) in [7, 11) is 0. The number of carbonyl (C=O) groups excluding carboxylic acids is 1. The van der Waals surface area contributed by atoms with Crippen LogP contribution in [0.2, 0.25) is 0 Å². The molecule has 20 heavy (non-hydrogen) atoms. The number of carbonyl (C=O) groups is 1. The van der Waals surface area contributed by atoms with Crippen molar-refractivity contribution in [1.29, 1.82) is 0 Å². The lowest BCUT2D eigenvalue weighted by Gasteiger charge is -2.30. The van der Waals surface area contributed by atoms with Gasteiger partial charge in [0, 0.05) is 18.2 Å². The minimum atomic E-state index is 0.0531. The molecule has 1 saturated carbocycles. The number of benzene rings is 1. The lowest BCUT2D eigenvalue weighted by Crippen LogP contribution is -2.41. The molecular formula is C16H22INO2. The zero-order valence-corrected chi connectivity index (χ0v) is 14.3. The number of halogens is 1. The molecule has 1 amide bonds. The van der Waals surface area contributed by atoms with E-state index >= 15 is 0 Å². The summed E-state index contributed by atoms with van der Waals surface area (Å²) < 4.78 is 0.774. The highest BCUT2D eigenvalue weighted by atomic mass is 127. The second-order valence-electron chi connectivity index (χ2n) is 5.96. The first-order chi connectivity index (χ1) is 9.49. The van der Waals surface area contributed by atoms with Gasteiger partial charge in [-0.3, -0.25) is 4.79 Å². The van der Waals surface area contributed by atoms with Crippen molar-refractivity contribution < 1.29 is 9.90 Å². The summed E-state index contributed by atoms with van der Waals surface area (Å²) >= 11 is 2.06. The van der Waals surface area contributed by atoms with E-state index in [1.165, 1.54) is 12.8 Å². The third kappa shape index (κ3) is 3.65. The van der Waals surface area contributed by atoms with Crippen LogP contribution in [0.5, 0.6) is 5.75 Å². The first-order valence-corrected chi connectivity index (χ1v) is 8.36. The monoisotopic (exact) mass is 387 g/mol. The lowest BCUT2D eigenvalue weighted by molar-refractivity contribution is 0.0655. The third-order valence-electron chi connectivity index (χ3n) is 3.78. The fourth-order valence-corrected chi connectivity index (χ4v) is 3.15. The quantitative estimate of drug-likeness (QED) is 0.793. The molecule has 0 spiro atoms. The Bertz CT molecular complexity index is 481. The molecule has 0 heterocycles. The van der Waals surface area contributed by atoms with Crippen molar-refractivity contribution in [3.8, 4) is 5.75 Å². The molecule has 1 fully saturated rings. The van der Waals surface area contributed by atoms with E-state index in [2.05, 4.69) is 36.4 Å². The van der Waals surface area contributed by atoms with Crippen molar-refractivity contribution in [2.24, 2.45) is 5.92 Å². The summed E-state index contributed by atoms with van der Waals surface area (Å²) in [6.07, 6.45) is 4.64. The van der Waals surface area contributed by atoms with Gasteiger partial charge in [-0.15, -0.1) is 0 Å². The number of aromatic hydroxyl groups is 1. The second kappa shape index (κ2) is 6.78. The van der Waals surface area contributed by atoms with Crippen LogP contribution in [0.3, 0.4) is 0 Å². The van der Waals surface area contributed by atoms with Crippen molar-refractivity contribution in [2.45, 2.75) is 45.6 Å². The molecule has 0 unspecified atom stereocenters. The van der Waals surface area contributed by atoms with Gasteiger partial charge in [0.1, 0.15) is 5.75 Å². The predicted octanol–water partition coefficient (Wildman–Crippen LogP) is 4.04. The Kier molecular flexibility index (Phi) is 5.29. The van der Waals surface area contributed by atoms with E-state index in [0.29, 0.717) is 17.5 Å². The van der Waals surface area contributed by atoms with Gasteiger partial charge in [-0.05, 0) is 59.5 Å². The molecule has 0 radical (unpaired) electrons. The summed E-state index contributed by atoms with van der Waals surface area (Å²) in [5.74, 6) is 0.696. The van der Waals surface area contributed by atoms with Gasteiger partial charge < -0.3 is 10.0 Å². The SMILES string of the molecule is CC(C)CN(C(=O)c1ccc(I)c(O)c1)C1CCCC1. The molecule has 2 rings (SSSR count). The van der Waals surface area contributed by atoms with E-state index < -0.39 is 0 Å². The largest absolute Gasteiger partial charge is 0.507 e. The minimum Gasteiger partial charge on any atom is -0.507 e. The zero-order valence-electron chi connectivity index (χ0n) is 12.1. The van der Waals surface area contributed by atoms with E-state index in [-0.39, 0.29) is 11.7 Å². The molecule has 1 aliphatic carbocycles. The Morgan fingerprint density at radius 1 is 1.40 bits per heavy atom. The molecule has 4 heteroatoms. The van der Waals surface area contributed by atoms with Crippen LogP contribution in [0.25, 0.3) is 0 Å². The maximum Gasteiger partial charge on any atom is 0.254 e. The fourth-order valence-electron chi connectivity index (χ4n) is 2.82. The predicted molar refractivity (Wildman–Crippen MR) is 89.0 cm³/mol. The summed E-state index contributed by atoms with van der Waals surface area (Å²) in [5, 5.41) is 9.80. The summed E-state index contributed by atoms with van der Waals surface area (Å²) in [6, 6.07) is 5.57. The molecule has 0 atom stereocenters. The van der Waals surface area contributed by atoms with Crippen LogP contribution in [0.4, 0.5) is 0 Å². The maximum absolute atomic E-state index is 12.7. The van der Waals surface area contributed by atoms with Gasteiger partial charge in [0.25, 0.3) is 5.91 Å². The molecule has 0 saturated heterocycles. The Morgan fingerprint density at radius 3 is 2.60 bits per heavy atom. The zero-order chi connectivity index (χ0) is 14.7. The molecule has 0 bridgehead atoms. The van der Waals surface area contributed by atoms with Crippen molar-refractivity contribution in [2.75, 3.05) is 6.54 Å². The van der Waals surface area contributed by atoms with Crippen LogP contribution in [-0.4, -0.2) is 28.5 Å². The second-order valence-corrected chi connectivity index (χ2v) is 7.12. The number of rotatable bonds is 4. The van der Waals surface area contributed by atoms with Gasteiger partial charge in [0.15, 0.2) is 0 Å². The smallest absolute Gasteiger partial charge is 0.254 e. The minimum absolute atomic E-state index is 0.0531.